The van der Waals surface area contributed by atoms with Crippen molar-refractivity contribution in [3.8, 4) is 0 Å². The second-order valence-corrected chi connectivity index (χ2v) is 4.29. The number of hydrogen-bond acceptors (Lipinski definition) is 4. The van der Waals surface area contributed by atoms with Gasteiger partial charge in [0.1, 0.15) is 0 Å². The van der Waals surface area contributed by atoms with Gasteiger partial charge < -0.3 is 16.8 Å². The van der Waals surface area contributed by atoms with E-state index in [-0.39, 0.29) is 0 Å². The Hall–Kier alpha value is -2.56. The largest absolute Gasteiger partial charge is 0.399 e. The topological polar surface area (TPSA) is 94.0 Å². The normalized spacial score (nSPS) is 10.2. The van der Waals surface area contributed by atoms with Gasteiger partial charge in [-0.3, -0.25) is 9.78 Å². The van der Waals surface area contributed by atoms with Crippen molar-refractivity contribution < 1.29 is 4.79 Å². The van der Waals surface area contributed by atoms with E-state index in [2.05, 4.69) is 10.3 Å². The van der Waals surface area contributed by atoms with Gasteiger partial charge in [-0.2, -0.15) is 0 Å². The molecule has 0 fully saturated rings. The summed E-state index contributed by atoms with van der Waals surface area (Å²) in [6.07, 6.45) is 0. The van der Waals surface area contributed by atoms with E-state index in [0.29, 0.717) is 23.5 Å². The number of pyridine rings is 1. The molecule has 0 bridgehead atoms. The van der Waals surface area contributed by atoms with Gasteiger partial charge in [0.25, 0.3) is 5.91 Å². The van der Waals surface area contributed by atoms with Gasteiger partial charge >= 0.3 is 0 Å². The standard InChI is InChI=1S/C14H16N4O/c1-9-3-2-4-11(18-9)8-17-13-6-5-10(15)7-12(13)14(16)19/h2-7,17H,8,15H2,1H3,(H2,16,19). The Bertz CT molecular complexity index is 610. The maximum absolute atomic E-state index is 11.4. The third kappa shape index (κ3) is 3.22. The van der Waals surface area contributed by atoms with Crippen LogP contribution in [0.15, 0.2) is 36.4 Å². The third-order valence-electron chi connectivity index (χ3n) is 2.72. The molecule has 19 heavy (non-hydrogen) atoms. The Morgan fingerprint density at radius 3 is 2.79 bits per heavy atom. The highest BCUT2D eigenvalue weighted by molar-refractivity contribution is 5.99. The number of benzene rings is 1. The molecule has 5 N–H and O–H groups in total. The highest BCUT2D eigenvalue weighted by Crippen LogP contribution is 2.19. The van der Waals surface area contributed by atoms with E-state index in [1.165, 1.54) is 0 Å². The molecular formula is C14H16N4O. The summed E-state index contributed by atoms with van der Waals surface area (Å²) < 4.78 is 0. The van der Waals surface area contributed by atoms with Crippen LogP contribution in [0.2, 0.25) is 0 Å². The predicted molar refractivity (Wildman–Crippen MR) is 75.7 cm³/mol. The Morgan fingerprint density at radius 2 is 2.11 bits per heavy atom. The van der Waals surface area contributed by atoms with Gasteiger partial charge in [0.05, 0.1) is 17.8 Å². The molecule has 0 aliphatic heterocycles. The van der Waals surface area contributed by atoms with E-state index in [0.717, 1.165) is 11.4 Å². The third-order valence-corrected chi connectivity index (χ3v) is 2.72. The summed E-state index contributed by atoms with van der Waals surface area (Å²) in [6, 6.07) is 10.8. The fourth-order valence-electron chi connectivity index (χ4n) is 1.80. The molecule has 1 aromatic carbocycles. The second-order valence-electron chi connectivity index (χ2n) is 4.29. The molecule has 0 aliphatic rings. The molecule has 0 radical (unpaired) electrons. The SMILES string of the molecule is Cc1cccc(CNc2ccc(N)cc2C(N)=O)n1. The van der Waals surface area contributed by atoms with Crippen molar-refractivity contribution in [3.05, 3.63) is 53.3 Å². The van der Waals surface area contributed by atoms with Crippen molar-refractivity contribution in [3.63, 3.8) is 0 Å². The van der Waals surface area contributed by atoms with E-state index in [9.17, 15) is 4.79 Å². The van der Waals surface area contributed by atoms with Crippen LogP contribution in [0, 0.1) is 6.92 Å². The number of amides is 1. The lowest BCUT2D eigenvalue weighted by atomic mass is 10.1. The van der Waals surface area contributed by atoms with Gasteiger partial charge in [0.15, 0.2) is 0 Å². The second kappa shape index (κ2) is 5.39. The summed E-state index contributed by atoms with van der Waals surface area (Å²) in [7, 11) is 0. The van der Waals surface area contributed by atoms with Crippen LogP contribution in [-0.4, -0.2) is 10.9 Å². The Kier molecular flexibility index (Phi) is 3.66. The van der Waals surface area contributed by atoms with Crippen LogP contribution in [0.25, 0.3) is 0 Å². The number of aryl methyl sites for hydroxylation is 1. The molecule has 0 saturated carbocycles. The molecule has 0 spiro atoms. The summed E-state index contributed by atoms with van der Waals surface area (Å²) in [5, 5.41) is 3.15. The highest BCUT2D eigenvalue weighted by Gasteiger charge is 2.08. The fourth-order valence-corrected chi connectivity index (χ4v) is 1.80. The van der Waals surface area contributed by atoms with Crippen LogP contribution in [0.3, 0.4) is 0 Å². The molecule has 0 unspecified atom stereocenters. The van der Waals surface area contributed by atoms with Gasteiger partial charge in [-0.25, -0.2) is 0 Å². The summed E-state index contributed by atoms with van der Waals surface area (Å²) in [5.74, 6) is -0.507. The number of nitrogens with one attached hydrogen (secondary N) is 1. The molecule has 0 saturated heterocycles. The molecule has 0 atom stereocenters. The van der Waals surface area contributed by atoms with Crippen LogP contribution in [-0.2, 0) is 6.54 Å². The van der Waals surface area contributed by atoms with Crippen LogP contribution < -0.4 is 16.8 Å². The number of primary amides is 1. The average molecular weight is 256 g/mol. The summed E-state index contributed by atoms with van der Waals surface area (Å²) in [4.78, 5) is 15.7. The first-order valence-electron chi connectivity index (χ1n) is 5.92. The van der Waals surface area contributed by atoms with Gasteiger partial charge in [-0.15, -0.1) is 0 Å². The smallest absolute Gasteiger partial charge is 0.250 e. The van der Waals surface area contributed by atoms with Crippen LogP contribution in [0.1, 0.15) is 21.7 Å². The molecule has 5 heteroatoms. The summed E-state index contributed by atoms with van der Waals surface area (Å²) in [5.41, 5.74) is 14.4. The molecule has 98 valence electrons. The van der Waals surface area contributed by atoms with Gasteiger partial charge in [-0.1, -0.05) is 6.07 Å². The lowest BCUT2D eigenvalue weighted by Crippen LogP contribution is -2.15. The molecule has 2 rings (SSSR count). The van der Waals surface area contributed by atoms with Crippen molar-refractivity contribution in [1.29, 1.82) is 0 Å². The van der Waals surface area contributed by atoms with Crippen molar-refractivity contribution in [1.82, 2.24) is 4.98 Å². The minimum atomic E-state index is -0.507. The number of nitrogens with zero attached hydrogens (tertiary/aromatic N) is 1. The summed E-state index contributed by atoms with van der Waals surface area (Å²) >= 11 is 0. The fraction of sp³-hybridized carbons (Fsp3) is 0.143. The number of carbonyl (C=O) groups is 1. The Labute approximate surface area is 111 Å². The molecule has 1 amide bonds. The first-order chi connectivity index (χ1) is 9.06. The van der Waals surface area contributed by atoms with E-state index in [1.807, 2.05) is 25.1 Å². The van der Waals surface area contributed by atoms with Gasteiger partial charge in [0, 0.05) is 17.1 Å². The van der Waals surface area contributed by atoms with Crippen LogP contribution >= 0.6 is 0 Å². The Morgan fingerprint density at radius 1 is 1.32 bits per heavy atom. The van der Waals surface area contributed by atoms with Crippen molar-refractivity contribution in [2.75, 3.05) is 11.1 Å². The van der Waals surface area contributed by atoms with Crippen molar-refractivity contribution in [2.24, 2.45) is 5.73 Å². The summed E-state index contributed by atoms with van der Waals surface area (Å²) in [6.45, 7) is 2.45. The first-order valence-corrected chi connectivity index (χ1v) is 5.92. The minimum absolute atomic E-state index is 0.382. The zero-order chi connectivity index (χ0) is 13.8. The molecule has 1 heterocycles. The predicted octanol–water partition coefficient (Wildman–Crippen LogP) is 1.68. The number of rotatable bonds is 4. The maximum atomic E-state index is 11.4. The number of carbonyl (C=O) groups excluding carboxylic acids is 1. The number of anilines is 2. The van der Waals surface area contributed by atoms with Gasteiger partial charge in [0.2, 0.25) is 0 Å². The van der Waals surface area contributed by atoms with Crippen molar-refractivity contribution >= 4 is 17.3 Å². The zero-order valence-electron chi connectivity index (χ0n) is 10.7. The lowest BCUT2D eigenvalue weighted by Gasteiger charge is -2.10. The van der Waals surface area contributed by atoms with Gasteiger partial charge in [-0.05, 0) is 37.3 Å². The van der Waals surface area contributed by atoms with Crippen molar-refractivity contribution in [2.45, 2.75) is 13.5 Å². The molecule has 1 aromatic heterocycles. The van der Waals surface area contributed by atoms with E-state index in [1.54, 1.807) is 18.2 Å². The monoisotopic (exact) mass is 256 g/mol. The Balaban J connectivity index is 2.17. The molecular weight excluding hydrogens is 240 g/mol. The molecule has 5 nitrogen and oxygen atoms in total. The number of hydrogen-bond donors (Lipinski definition) is 3. The van der Waals surface area contributed by atoms with E-state index >= 15 is 0 Å². The average Bonchev–Trinajstić information content (AvgIpc) is 2.37. The first kappa shape index (κ1) is 12.9. The van der Waals surface area contributed by atoms with E-state index in [4.69, 9.17) is 11.5 Å². The molecule has 0 aliphatic carbocycles. The number of nitrogen functional groups attached to an aromatic ring is 1. The quantitative estimate of drug-likeness (QED) is 0.725. The van der Waals surface area contributed by atoms with E-state index < -0.39 is 5.91 Å². The zero-order valence-corrected chi connectivity index (χ0v) is 10.7. The lowest BCUT2D eigenvalue weighted by molar-refractivity contribution is 0.100. The van der Waals surface area contributed by atoms with Crippen LogP contribution in [0.4, 0.5) is 11.4 Å². The van der Waals surface area contributed by atoms with Crippen LogP contribution in [0.5, 0.6) is 0 Å². The molecule has 2 aromatic rings. The number of nitrogens with two attached hydrogens (primary N) is 2. The minimum Gasteiger partial charge on any atom is -0.399 e. The maximum Gasteiger partial charge on any atom is 0.250 e. The highest BCUT2D eigenvalue weighted by atomic mass is 16.1. The number of aromatic nitrogens is 1.